The van der Waals surface area contributed by atoms with Crippen molar-refractivity contribution in [1.82, 2.24) is 9.80 Å². The van der Waals surface area contributed by atoms with Gasteiger partial charge in [-0.3, -0.25) is 4.90 Å². The van der Waals surface area contributed by atoms with E-state index in [1.165, 1.54) is 64.7 Å². The Labute approximate surface area is 125 Å². The highest BCUT2D eigenvalue weighted by Gasteiger charge is 2.37. The average molecular weight is 281 g/mol. The molecule has 2 unspecified atom stereocenters. The molecule has 0 bridgehead atoms. The maximum atomic E-state index is 6.29. The fraction of sp³-hybridized carbons (Fsp3) is 1.00. The summed E-state index contributed by atoms with van der Waals surface area (Å²) < 4.78 is 0. The van der Waals surface area contributed by atoms with E-state index < -0.39 is 0 Å². The van der Waals surface area contributed by atoms with Crippen molar-refractivity contribution < 1.29 is 0 Å². The smallest absolute Gasteiger partial charge is 0.0344 e. The lowest BCUT2D eigenvalue weighted by Crippen LogP contribution is -2.54. The van der Waals surface area contributed by atoms with Crippen LogP contribution in [0.25, 0.3) is 0 Å². The summed E-state index contributed by atoms with van der Waals surface area (Å²) in [6.45, 7) is 12.9. The van der Waals surface area contributed by atoms with Gasteiger partial charge in [0.2, 0.25) is 0 Å². The van der Waals surface area contributed by atoms with Crippen molar-refractivity contribution >= 4 is 0 Å². The van der Waals surface area contributed by atoms with E-state index in [-0.39, 0.29) is 5.54 Å². The standard InChI is InChI=1S/C17H35N3/c1-15(2)19-10-5-8-17(14-18,9-13-19)20-11-4-6-16(3)7-12-20/h15-16H,4-14,18H2,1-3H3. The largest absolute Gasteiger partial charge is 0.329 e. The van der Waals surface area contributed by atoms with Gasteiger partial charge < -0.3 is 10.6 Å². The van der Waals surface area contributed by atoms with E-state index in [9.17, 15) is 0 Å². The second-order valence-corrected chi connectivity index (χ2v) is 7.43. The number of nitrogens with two attached hydrogens (primary N) is 1. The van der Waals surface area contributed by atoms with Crippen molar-refractivity contribution in [3.63, 3.8) is 0 Å². The van der Waals surface area contributed by atoms with E-state index in [2.05, 4.69) is 30.6 Å². The van der Waals surface area contributed by atoms with E-state index in [0.717, 1.165) is 12.5 Å². The number of hydrogen-bond acceptors (Lipinski definition) is 3. The molecule has 0 aromatic heterocycles. The summed E-state index contributed by atoms with van der Waals surface area (Å²) in [4.78, 5) is 5.40. The third-order valence-electron chi connectivity index (χ3n) is 5.75. The highest BCUT2D eigenvalue weighted by atomic mass is 15.2. The molecule has 0 aromatic carbocycles. The zero-order valence-electron chi connectivity index (χ0n) is 13.9. The molecule has 0 radical (unpaired) electrons. The van der Waals surface area contributed by atoms with Crippen molar-refractivity contribution in [1.29, 1.82) is 0 Å². The van der Waals surface area contributed by atoms with Crippen LogP contribution < -0.4 is 5.73 Å². The van der Waals surface area contributed by atoms with Crippen LogP contribution in [0.3, 0.4) is 0 Å². The lowest BCUT2D eigenvalue weighted by Gasteiger charge is -2.43. The Morgan fingerprint density at radius 2 is 1.85 bits per heavy atom. The summed E-state index contributed by atoms with van der Waals surface area (Å²) >= 11 is 0. The van der Waals surface area contributed by atoms with Gasteiger partial charge in [0.25, 0.3) is 0 Å². The Bertz CT molecular complexity index is 292. The van der Waals surface area contributed by atoms with Crippen molar-refractivity contribution in [2.45, 2.75) is 70.9 Å². The van der Waals surface area contributed by atoms with E-state index in [1.54, 1.807) is 0 Å². The number of nitrogens with zero attached hydrogens (tertiary/aromatic N) is 2. The summed E-state index contributed by atoms with van der Waals surface area (Å²) in [7, 11) is 0. The maximum Gasteiger partial charge on any atom is 0.0344 e. The van der Waals surface area contributed by atoms with Gasteiger partial charge in [0.05, 0.1) is 0 Å². The zero-order valence-corrected chi connectivity index (χ0v) is 13.9. The van der Waals surface area contributed by atoms with Crippen molar-refractivity contribution in [2.75, 3.05) is 32.7 Å². The van der Waals surface area contributed by atoms with E-state index in [0.29, 0.717) is 6.04 Å². The minimum Gasteiger partial charge on any atom is -0.329 e. The molecule has 0 amide bonds. The van der Waals surface area contributed by atoms with Crippen molar-refractivity contribution in [2.24, 2.45) is 11.7 Å². The molecule has 3 heteroatoms. The Balaban J connectivity index is 2.04. The molecule has 0 spiro atoms. The van der Waals surface area contributed by atoms with Gasteiger partial charge in [-0.15, -0.1) is 0 Å². The number of hydrogen-bond donors (Lipinski definition) is 1. The summed E-state index contributed by atoms with van der Waals surface area (Å²) in [6, 6.07) is 0.674. The number of likely N-dealkylation sites (tertiary alicyclic amines) is 2. The van der Waals surface area contributed by atoms with Gasteiger partial charge >= 0.3 is 0 Å². The second-order valence-electron chi connectivity index (χ2n) is 7.43. The molecule has 2 fully saturated rings. The highest BCUT2D eigenvalue weighted by molar-refractivity contribution is 4.95. The Kier molecular flexibility index (Phi) is 5.88. The first-order valence-electron chi connectivity index (χ1n) is 8.76. The number of rotatable bonds is 3. The first kappa shape index (κ1) is 16.3. The molecule has 0 aromatic rings. The van der Waals surface area contributed by atoms with E-state index in [4.69, 9.17) is 5.73 Å². The molecule has 2 atom stereocenters. The van der Waals surface area contributed by atoms with Gasteiger partial charge in [-0.05, 0) is 77.9 Å². The van der Waals surface area contributed by atoms with Gasteiger partial charge in [0, 0.05) is 24.7 Å². The maximum absolute atomic E-state index is 6.29. The molecule has 0 saturated carbocycles. The monoisotopic (exact) mass is 281 g/mol. The second kappa shape index (κ2) is 7.24. The van der Waals surface area contributed by atoms with Crippen molar-refractivity contribution in [3.8, 4) is 0 Å². The minimum absolute atomic E-state index is 0.285. The van der Waals surface area contributed by atoms with Gasteiger partial charge in [-0.1, -0.05) is 6.92 Å². The third-order valence-corrected chi connectivity index (χ3v) is 5.75. The Morgan fingerprint density at radius 3 is 2.55 bits per heavy atom. The molecule has 20 heavy (non-hydrogen) atoms. The van der Waals surface area contributed by atoms with Crippen LogP contribution in [0.2, 0.25) is 0 Å². The fourth-order valence-electron chi connectivity index (χ4n) is 4.10. The molecule has 2 aliphatic rings. The summed E-state index contributed by atoms with van der Waals surface area (Å²) in [5.41, 5.74) is 6.57. The lowest BCUT2D eigenvalue weighted by atomic mass is 9.88. The predicted octanol–water partition coefficient (Wildman–Crippen LogP) is 2.70. The quantitative estimate of drug-likeness (QED) is 0.863. The minimum atomic E-state index is 0.285. The molecule has 3 nitrogen and oxygen atoms in total. The first-order chi connectivity index (χ1) is 9.57. The molecule has 2 N–H and O–H groups in total. The van der Waals surface area contributed by atoms with Crippen LogP contribution in [0, 0.1) is 5.92 Å². The van der Waals surface area contributed by atoms with E-state index >= 15 is 0 Å². The van der Waals surface area contributed by atoms with Crippen LogP contribution in [0.1, 0.15) is 59.3 Å². The van der Waals surface area contributed by atoms with E-state index in [1.807, 2.05) is 0 Å². The van der Waals surface area contributed by atoms with Gasteiger partial charge in [0.15, 0.2) is 0 Å². The van der Waals surface area contributed by atoms with Gasteiger partial charge in [0.1, 0.15) is 0 Å². The molecule has 2 heterocycles. The summed E-state index contributed by atoms with van der Waals surface area (Å²) in [5, 5.41) is 0. The van der Waals surface area contributed by atoms with Crippen LogP contribution >= 0.6 is 0 Å². The van der Waals surface area contributed by atoms with Gasteiger partial charge in [-0.25, -0.2) is 0 Å². The normalized spacial score (nSPS) is 35.0. The average Bonchev–Trinajstić information content (AvgIpc) is 2.77. The van der Waals surface area contributed by atoms with Crippen LogP contribution in [-0.4, -0.2) is 54.1 Å². The van der Waals surface area contributed by atoms with Gasteiger partial charge in [-0.2, -0.15) is 0 Å². The molecule has 0 aliphatic carbocycles. The first-order valence-corrected chi connectivity index (χ1v) is 8.76. The highest BCUT2D eigenvalue weighted by Crippen LogP contribution is 2.31. The summed E-state index contributed by atoms with van der Waals surface area (Å²) in [6.07, 6.45) is 7.97. The topological polar surface area (TPSA) is 32.5 Å². The molecular formula is C17H35N3. The fourth-order valence-corrected chi connectivity index (χ4v) is 4.10. The third kappa shape index (κ3) is 3.75. The van der Waals surface area contributed by atoms with Crippen LogP contribution in [-0.2, 0) is 0 Å². The van der Waals surface area contributed by atoms with Crippen molar-refractivity contribution in [3.05, 3.63) is 0 Å². The lowest BCUT2D eigenvalue weighted by molar-refractivity contribution is 0.0792. The molecule has 2 rings (SSSR count). The van der Waals surface area contributed by atoms with Crippen LogP contribution in [0.4, 0.5) is 0 Å². The molecule has 2 aliphatic heterocycles. The van der Waals surface area contributed by atoms with Crippen LogP contribution in [0.15, 0.2) is 0 Å². The zero-order chi connectivity index (χ0) is 14.6. The Hall–Kier alpha value is -0.120. The predicted molar refractivity (Wildman–Crippen MR) is 86.9 cm³/mol. The SMILES string of the molecule is CC1CCCN(C2(CN)CCCN(C(C)C)CC2)CC1. The molecule has 2 saturated heterocycles. The Morgan fingerprint density at radius 1 is 1.05 bits per heavy atom. The molecule has 118 valence electrons. The summed E-state index contributed by atoms with van der Waals surface area (Å²) in [5.74, 6) is 0.896. The molecular weight excluding hydrogens is 246 g/mol. The van der Waals surface area contributed by atoms with Crippen LogP contribution in [0.5, 0.6) is 0 Å².